The van der Waals surface area contributed by atoms with Gasteiger partial charge in [0, 0.05) is 12.7 Å². The van der Waals surface area contributed by atoms with Crippen LogP contribution in [0.25, 0.3) is 0 Å². The lowest BCUT2D eigenvalue weighted by Gasteiger charge is -2.29. The molecule has 1 aliphatic rings. The van der Waals surface area contributed by atoms with Gasteiger partial charge in [0.1, 0.15) is 11.9 Å². The first-order chi connectivity index (χ1) is 7.81. The monoisotopic (exact) mass is 220 g/mol. The molecule has 16 heavy (non-hydrogen) atoms. The topological polar surface area (TPSA) is 48.1 Å². The van der Waals surface area contributed by atoms with Crippen molar-refractivity contribution >= 4 is 0 Å². The third kappa shape index (κ3) is 2.53. The highest BCUT2D eigenvalue weighted by Gasteiger charge is 2.23. The van der Waals surface area contributed by atoms with Gasteiger partial charge in [-0.3, -0.25) is 4.98 Å². The summed E-state index contributed by atoms with van der Waals surface area (Å²) >= 11 is 0. The molecule has 1 aromatic rings. The predicted molar refractivity (Wildman–Crippen MR) is 64.2 cm³/mol. The van der Waals surface area contributed by atoms with Crippen LogP contribution in [0, 0.1) is 5.92 Å². The summed E-state index contributed by atoms with van der Waals surface area (Å²) in [6.07, 6.45) is 7.12. The fourth-order valence-electron chi connectivity index (χ4n) is 2.30. The second kappa shape index (κ2) is 5.30. The molecule has 1 heterocycles. The molecule has 0 aliphatic heterocycles. The molecule has 2 N–H and O–H groups in total. The Morgan fingerprint density at radius 3 is 3.00 bits per heavy atom. The number of hydrogen-bond acceptors (Lipinski definition) is 3. The summed E-state index contributed by atoms with van der Waals surface area (Å²) in [5, 5.41) is 0. The largest absolute Gasteiger partial charge is 0.488 e. The van der Waals surface area contributed by atoms with Gasteiger partial charge in [0.05, 0.1) is 5.69 Å². The van der Waals surface area contributed by atoms with Crippen LogP contribution >= 0.6 is 0 Å². The van der Waals surface area contributed by atoms with Crippen LogP contribution in [0.3, 0.4) is 0 Å². The van der Waals surface area contributed by atoms with E-state index in [1.165, 1.54) is 19.3 Å². The van der Waals surface area contributed by atoms with E-state index in [9.17, 15) is 0 Å². The average molecular weight is 220 g/mol. The first kappa shape index (κ1) is 11.4. The second-order valence-corrected chi connectivity index (χ2v) is 4.57. The van der Waals surface area contributed by atoms with Gasteiger partial charge in [-0.15, -0.1) is 0 Å². The summed E-state index contributed by atoms with van der Waals surface area (Å²) in [5.41, 5.74) is 6.51. The van der Waals surface area contributed by atoms with Gasteiger partial charge in [0.2, 0.25) is 0 Å². The molecule has 2 unspecified atom stereocenters. The van der Waals surface area contributed by atoms with Crippen molar-refractivity contribution in [1.82, 2.24) is 4.98 Å². The van der Waals surface area contributed by atoms with Crippen molar-refractivity contribution in [2.45, 2.75) is 45.3 Å². The Hall–Kier alpha value is -1.09. The SMILES string of the molecule is CC1CCCCC1Oc1cccnc1CN. The second-order valence-electron chi connectivity index (χ2n) is 4.57. The zero-order valence-corrected chi connectivity index (χ0v) is 9.86. The maximum absolute atomic E-state index is 6.05. The van der Waals surface area contributed by atoms with Gasteiger partial charge >= 0.3 is 0 Å². The van der Waals surface area contributed by atoms with Crippen molar-refractivity contribution < 1.29 is 4.74 Å². The van der Waals surface area contributed by atoms with Crippen molar-refractivity contribution in [3.63, 3.8) is 0 Å². The van der Waals surface area contributed by atoms with Crippen LogP contribution in [0.2, 0.25) is 0 Å². The number of nitrogens with two attached hydrogens (primary N) is 1. The van der Waals surface area contributed by atoms with Gasteiger partial charge in [0.15, 0.2) is 0 Å². The summed E-state index contributed by atoms with van der Waals surface area (Å²) in [4.78, 5) is 4.24. The van der Waals surface area contributed by atoms with E-state index in [1.807, 2.05) is 12.1 Å². The summed E-state index contributed by atoms with van der Waals surface area (Å²) in [6, 6.07) is 3.87. The number of nitrogens with zero attached hydrogens (tertiary/aromatic N) is 1. The fraction of sp³-hybridized carbons (Fsp3) is 0.615. The molecule has 1 saturated carbocycles. The Labute approximate surface area is 97.0 Å². The molecule has 3 nitrogen and oxygen atoms in total. The van der Waals surface area contributed by atoms with Crippen molar-refractivity contribution in [2.24, 2.45) is 11.7 Å². The Balaban J connectivity index is 2.07. The molecule has 2 atom stereocenters. The fourth-order valence-corrected chi connectivity index (χ4v) is 2.30. The van der Waals surface area contributed by atoms with E-state index in [-0.39, 0.29) is 0 Å². The van der Waals surface area contributed by atoms with Gasteiger partial charge < -0.3 is 10.5 Å². The molecule has 1 fully saturated rings. The molecule has 1 aliphatic carbocycles. The number of rotatable bonds is 3. The molecule has 0 saturated heterocycles. The van der Waals surface area contributed by atoms with Gasteiger partial charge in [-0.2, -0.15) is 0 Å². The zero-order valence-electron chi connectivity index (χ0n) is 9.86. The number of hydrogen-bond donors (Lipinski definition) is 1. The number of pyridine rings is 1. The summed E-state index contributed by atoms with van der Waals surface area (Å²) in [7, 11) is 0. The van der Waals surface area contributed by atoms with Crippen LogP contribution in [-0.4, -0.2) is 11.1 Å². The van der Waals surface area contributed by atoms with E-state index in [2.05, 4.69) is 11.9 Å². The highest BCUT2D eigenvalue weighted by molar-refractivity contribution is 5.26. The number of aromatic nitrogens is 1. The van der Waals surface area contributed by atoms with E-state index in [0.717, 1.165) is 17.9 Å². The Morgan fingerprint density at radius 2 is 2.25 bits per heavy atom. The molecular weight excluding hydrogens is 200 g/mol. The van der Waals surface area contributed by atoms with Crippen LogP contribution in [0.15, 0.2) is 18.3 Å². The summed E-state index contributed by atoms with van der Waals surface area (Å²) < 4.78 is 6.05. The van der Waals surface area contributed by atoms with Crippen LogP contribution < -0.4 is 10.5 Å². The van der Waals surface area contributed by atoms with E-state index < -0.39 is 0 Å². The molecular formula is C13H20N2O. The van der Waals surface area contributed by atoms with E-state index >= 15 is 0 Å². The van der Waals surface area contributed by atoms with E-state index in [0.29, 0.717) is 18.6 Å². The minimum Gasteiger partial charge on any atom is -0.488 e. The molecule has 0 bridgehead atoms. The maximum atomic E-state index is 6.05. The molecule has 0 spiro atoms. The Bertz CT molecular complexity index is 340. The van der Waals surface area contributed by atoms with Crippen molar-refractivity contribution in [2.75, 3.05) is 0 Å². The Morgan fingerprint density at radius 1 is 1.44 bits per heavy atom. The number of ether oxygens (including phenoxy) is 1. The van der Waals surface area contributed by atoms with Crippen LogP contribution in [0.4, 0.5) is 0 Å². The lowest BCUT2D eigenvalue weighted by atomic mass is 9.88. The third-order valence-corrected chi connectivity index (χ3v) is 3.35. The van der Waals surface area contributed by atoms with Crippen molar-refractivity contribution in [3.8, 4) is 5.75 Å². The van der Waals surface area contributed by atoms with Crippen LogP contribution in [0.1, 0.15) is 38.3 Å². The van der Waals surface area contributed by atoms with Gasteiger partial charge in [-0.1, -0.05) is 13.3 Å². The van der Waals surface area contributed by atoms with E-state index in [4.69, 9.17) is 10.5 Å². The minimum absolute atomic E-state index is 0.336. The first-order valence-corrected chi connectivity index (χ1v) is 6.12. The average Bonchev–Trinajstić information content (AvgIpc) is 2.33. The van der Waals surface area contributed by atoms with Crippen molar-refractivity contribution in [1.29, 1.82) is 0 Å². The smallest absolute Gasteiger partial charge is 0.142 e. The predicted octanol–water partition coefficient (Wildman–Crippen LogP) is 2.50. The molecule has 88 valence electrons. The van der Waals surface area contributed by atoms with E-state index in [1.54, 1.807) is 6.20 Å². The molecule has 3 heteroatoms. The standard InChI is InChI=1S/C13H20N2O/c1-10-5-2-3-6-12(10)16-13-7-4-8-15-11(13)9-14/h4,7-8,10,12H,2-3,5-6,9,14H2,1H3. The molecule has 0 amide bonds. The first-order valence-electron chi connectivity index (χ1n) is 6.12. The molecule has 1 aromatic heterocycles. The normalized spacial score (nSPS) is 25.4. The van der Waals surface area contributed by atoms with Crippen molar-refractivity contribution in [3.05, 3.63) is 24.0 Å². The maximum Gasteiger partial charge on any atom is 0.142 e. The summed E-state index contributed by atoms with van der Waals surface area (Å²) in [6.45, 7) is 2.71. The third-order valence-electron chi connectivity index (χ3n) is 3.35. The quantitative estimate of drug-likeness (QED) is 0.851. The lowest BCUT2D eigenvalue weighted by Crippen LogP contribution is -2.28. The Kier molecular flexibility index (Phi) is 3.78. The zero-order chi connectivity index (χ0) is 11.4. The molecule has 0 aromatic carbocycles. The summed E-state index contributed by atoms with van der Waals surface area (Å²) in [5.74, 6) is 1.50. The van der Waals surface area contributed by atoms with Crippen LogP contribution in [-0.2, 0) is 6.54 Å². The molecule has 2 rings (SSSR count). The van der Waals surface area contributed by atoms with Gasteiger partial charge in [0.25, 0.3) is 0 Å². The van der Waals surface area contributed by atoms with Gasteiger partial charge in [-0.25, -0.2) is 0 Å². The van der Waals surface area contributed by atoms with Crippen LogP contribution in [0.5, 0.6) is 5.75 Å². The molecule has 0 radical (unpaired) electrons. The lowest BCUT2D eigenvalue weighted by molar-refractivity contribution is 0.101. The highest BCUT2D eigenvalue weighted by Crippen LogP contribution is 2.28. The minimum atomic E-state index is 0.336. The van der Waals surface area contributed by atoms with Gasteiger partial charge in [-0.05, 0) is 37.3 Å². The highest BCUT2D eigenvalue weighted by atomic mass is 16.5.